The first-order chi connectivity index (χ1) is 7.21. The Morgan fingerprint density at radius 2 is 1.75 bits per heavy atom. The van der Waals surface area contributed by atoms with Crippen molar-refractivity contribution < 1.29 is 4.74 Å². The van der Waals surface area contributed by atoms with Gasteiger partial charge in [-0.1, -0.05) is 19.6 Å². The van der Waals surface area contributed by atoms with Gasteiger partial charge in [0.25, 0.3) is 0 Å². The first-order valence-corrected chi connectivity index (χ1v) is 9.69. The molecular weight excluding hydrogens is 212 g/mol. The summed E-state index contributed by atoms with van der Waals surface area (Å²) in [6.45, 7) is 14.0. The Labute approximate surface area is 103 Å². The predicted molar refractivity (Wildman–Crippen MR) is 74.2 cm³/mol. The summed E-state index contributed by atoms with van der Waals surface area (Å²) in [5.74, 6) is 0. The summed E-state index contributed by atoms with van der Waals surface area (Å²) in [5.41, 5.74) is 6.52. The molecule has 0 spiro atoms. The van der Waals surface area contributed by atoms with Crippen molar-refractivity contribution in [1.29, 1.82) is 0 Å². The lowest BCUT2D eigenvalue weighted by molar-refractivity contribution is -0.00447. The van der Waals surface area contributed by atoms with Gasteiger partial charge >= 0.3 is 0 Å². The first-order valence-electron chi connectivity index (χ1n) is 6.19. The largest absolute Gasteiger partial charge is 0.376 e. The van der Waals surface area contributed by atoms with Gasteiger partial charge in [-0.3, -0.25) is 0 Å². The maximum Gasteiger partial charge on any atom is 0.0882 e. The molecule has 0 aromatic heterocycles. The number of hydrogen-bond acceptors (Lipinski definition) is 1. The molecule has 0 rings (SSSR count). The lowest BCUT2D eigenvalue weighted by atomic mass is 10.2. The van der Waals surface area contributed by atoms with Crippen molar-refractivity contribution in [1.82, 2.24) is 0 Å². The van der Waals surface area contributed by atoms with Gasteiger partial charge in [-0.25, -0.2) is 0 Å². The van der Waals surface area contributed by atoms with E-state index in [4.69, 9.17) is 4.74 Å². The van der Waals surface area contributed by atoms with E-state index in [-0.39, 0.29) is 5.60 Å². The molecule has 0 atom stereocenters. The molecule has 0 N–H and O–H groups in total. The zero-order chi connectivity index (χ0) is 12.7. The minimum absolute atomic E-state index is 0.00134. The van der Waals surface area contributed by atoms with Crippen molar-refractivity contribution in [3.05, 3.63) is 17.5 Å². The topological polar surface area (TPSA) is 9.23 Å². The summed E-state index contributed by atoms with van der Waals surface area (Å²) >= 11 is 0. The molecule has 2 heteroatoms. The van der Waals surface area contributed by atoms with E-state index in [1.165, 1.54) is 6.42 Å². The Hall–Kier alpha value is -0.303. The van der Waals surface area contributed by atoms with Crippen molar-refractivity contribution in [2.45, 2.75) is 65.3 Å². The molecule has 0 aromatic carbocycles. The van der Waals surface area contributed by atoms with Crippen LogP contribution in [0.2, 0.25) is 19.6 Å². The molecule has 0 amide bonds. The molecule has 0 aliphatic rings. The molecule has 0 aliphatic heterocycles. The number of rotatable bonds is 6. The fraction of sp³-hybridized carbons (Fsp3) is 0.786. The van der Waals surface area contributed by atoms with E-state index in [1.807, 2.05) is 0 Å². The minimum atomic E-state index is -1.17. The molecule has 0 saturated heterocycles. The third-order valence-corrected chi connectivity index (χ3v) is 2.72. The monoisotopic (exact) mass is 239 g/mol. The van der Waals surface area contributed by atoms with Gasteiger partial charge in [0.15, 0.2) is 0 Å². The molecule has 1 nitrogen and oxygen atoms in total. The van der Waals surface area contributed by atoms with Gasteiger partial charge < -0.3 is 4.74 Å². The third kappa shape index (κ3) is 13.7. The highest BCUT2D eigenvalue weighted by atomic mass is 28.3. The smallest absolute Gasteiger partial charge is 0.0882 e. The second kappa shape index (κ2) is 7.11. The average Bonchev–Trinajstić information content (AvgIpc) is 2.06. The number of ether oxygens (including phenoxy) is 1. The van der Waals surface area contributed by atoms with E-state index in [0.717, 1.165) is 19.4 Å². The number of allylic oxidation sites excluding steroid dienone is 1. The number of hydrogen-bond donors (Lipinski definition) is 0. The van der Waals surface area contributed by atoms with E-state index in [1.54, 1.807) is 0 Å². The highest BCUT2D eigenvalue weighted by Gasteiger charge is 2.08. The summed E-state index contributed by atoms with van der Waals surface area (Å²) in [7, 11) is -1.17. The third-order valence-electron chi connectivity index (χ3n) is 1.83. The summed E-state index contributed by atoms with van der Waals surface area (Å²) in [6, 6.07) is 0. The van der Waals surface area contributed by atoms with Crippen LogP contribution in [0.3, 0.4) is 0 Å². The molecule has 0 bridgehead atoms. The summed E-state index contributed by atoms with van der Waals surface area (Å²) in [6.07, 6.45) is 5.50. The standard InChI is InChI=1S/C14H27OSi/c1-14(2,3)15-12-10-8-7-9-11-13-16(4,5)6/h9H,7-8,10,12H2,1-6H3. The highest BCUT2D eigenvalue weighted by molar-refractivity contribution is 6.78. The van der Waals surface area contributed by atoms with Crippen LogP contribution in [-0.4, -0.2) is 20.3 Å². The normalized spacial score (nSPS) is 12.1. The molecular formula is C14H27OSi. The lowest BCUT2D eigenvalue weighted by Gasteiger charge is -2.19. The van der Waals surface area contributed by atoms with E-state index in [0.29, 0.717) is 0 Å². The summed E-state index contributed by atoms with van der Waals surface area (Å²) in [4.78, 5) is 0. The van der Waals surface area contributed by atoms with Gasteiger partial charge in [0.2, 0.25) is 0 Å². The van der Waals surface area contributed by atoms with Crippen LogP contribution in [-0.2, 0) is 4.74 Å². The molecule has 0 fully saturated rings. The van der Waals surface area contributed by atoms with Crippen LogP contribution in [0.25, 0.3) is 0 Å². The van der Waals surface area contributed by atoms with Crippen LogP contribution in [0.4, 0.5) is 0 Å². The molecule has 93 valence electrons. The Morgan fingerprint density at radius 3 is 2.25 bits per heavy atom. The van der Waals surface area contributed by atoms with Crippen LogP contribution in [0, 0.1) is 5.70 Å². The van der Waals surface area contributed by atoms with Gasteiger partial charge in [0, 0.05) is 6.61 Å². The predicted octanol–water partition coefficient (Wildman–Crippen LogP) is 4.36. The van der Waals surface area contributed by atoms with Crippen molar-refractivity contribution in [2.24, 2.45) is 0 Å². The van der Waals surface area contributed by atoms with Gasteiger partial charge in [-0.2, -0.15) is 0 Å². The van der Waals surface area contributed by atoms with Crippen molar-refractivity contribution in [2.75, 3.05) is 6.61 Å². The van der Waals surface area contributed by atoms with Crippen LogP contribution in [0.15, 0.2) is 11.8 Å². The van der Waals surface area contributed by atoms with Crippen molar-refractivity contribution in [3.8, 4) is 0 Å². The fourth-order valence-electron chi connectivity index (χ4n) is 1.07. The Balaban J connectivity index is 3.52. The Morgan fingerprint density at radius 1 is 1.12 bits per heavy atom. The molecule has 0 aromatic rings. The second-order valence-corrected chi connectivity index (χ2v) is 10.9. The van der Waals surface area contributed by atoms with E-state index >= 15 is 0 Å². The van der Waals surface area contributed by atoms with Crippen molar-refractivity contribution in [3.63, 3.8) is 0 Å². The lowest BCUT2D eigenvalue weighted by Crippen LogP contribution is -2.19. The zero-order valence-electron chi connectivity index (χ0n) is 11.8. The van der Waals surface area contributed by atoms with Crippen molar-refractivity contribution >= 4 is 8.07 Å². The zero-order valence-corrected chi connectivity index (χ0v) is 12.8. The molecule has 16 heavy (non-hydrogen) atoms. The molecule has 1 radical (unpaired) electrons. The van der Waals surface area contributed by atoms with Gasteiger partial charge in [-0.15, -0.1) is 5.73 Å². The van der Waals surface area contributed by atoms with Gasteiger partial charge in [-0.05, 0) is 51.8 Å². The summed E-state index contributed by atoms with van der Waals surface area (Å²) in [5, 5.41) is 0. The molecule has 0 heterocycles. The first kappa shape index (κ1) is 15.7. The second-order valence-electron chi connectivity index (χ2n) is 6.18. The number of unbranched alkanes of at least 4 members (excludes halogenated alkanes) is 2. The van der Waals surface area contributed by atoms with E-state index < -0.39 is 8.07 Å². The Kier molecular flexibility index (Phi) is 6.97. The van der Waals surface area contributed by atoms with Crippen LogP contribution < -0.4 is 0 Å². The van der Waals surface area contributed by atoms with E-state index in [2.05, 4.69) is 57.9 Å². The minimum Gasteiger partial charge on any atom is -0.376 e. The quantitative estimate of drug-likeness (QED) is 0.380. The maximum atomic E-state index is 5.65. The van der Waals surface area contributed by atoms with Crippen LogP contribution in [0.1, 0.15) is 40.0 Å². The maximum absolute atomic E-state index is 5.65. The average molecular weight is 239 g/mol. The highest BCUT2D eigenvalue weighted by Crippen LogP contribution is 2.08. The molecule has 0 unspecified atom stereocenters. The van der Waals surface area contributed by atoms with Gasteiger partial charge in [0.05, 0.1) is 13.7 Å². The van der Waals surface area contributed by atoms with Crippen LogP contribution in [0.5, 0.6) is 0 Å². The summed E-state index contributed by atoms with van der Waals surface area (Å²) < 4.78 is 5.65. The molecule has 0 aliphatic carbocycles. The van der Waals surface area contributed by atoms with Crippen LogP contribution >= 0.6 is 0 Å². The van der Waals surface area contributed by atoms with E-state index in [9.17, 15) is 0 Å². The Bertz CT molecular complexity index is 236. The van der Waals surface area contributed by atoms with Gasteiger partial charge in [0.1, 0.15) is 0 Å². The molecule has 0 saturated carbocycles. The fourth-order valence-corrected chi connectivity index (χ4v) is 1.60. The SMILES string of the molecule is CC(C)(C)OCCCCC=C=[C][Si](C)(C)C.